The molecule has 2 heterocycles. The number of β-amino-alcohol motifs (C(OH)–C–C–N with tert-alkyl or cyclic N) is 1. The van der Waals surface area contributed by atoms with E-state index >= 15 is 0 Å². The average molecular weight is 210 g/mol. The van der Waals surface area contributed by atoms with Crippen molar-refractivity contribution < 1.29 is 5.11 Å². The van der Waals surface area contributed by atoms with Crippen LogP contribution in [0.15, 0.2) is 6.33 Å². The van der Waals surface area contributed by atoms with E-state index in [2.05, 4.69) is 15.0 Å². The molecule has 0 saturated carbocycles. The van der Waals surface area contributed by atoms with Crippen molar-refractivity contribution in [2.45, 2.75) is 31.9 Å². The Hall–Kier alpha value is -0.940. The predicted molar refractivity (Wildman–Crippen MR) is 56.5 cm³/mol. The number of hydrogen-bond donors (Lipinski definition) is 1. The molecule has 84 valence electrons. The molecule has 0 aromatic carbocycles. The monoisotopic (exact) mass is 210 g/mol. The van der Waals surface area contributed by atoms with Gasteiger partial charge in [-0.05, 0) is 20.4 Å². The van der Waals surface area contributed by atoms with Crippen molar-refractivity contribution in [3.05, 3.63) is 12.2 Å². The molecule has 1 aromatic rings. The number of aryl methyl sites for hydroxylation is 1. The molecule has 1 aromatic heterocycles. The first-order valence-corrected chi connectivity index (χ1v) is 5.40. The Morgan fingerprint density at radius 2 is 2.40 bits per heavy atom. The molecule has 15 heavy (non-hydrogen) atoms. The summed E-state index contributed by atoms with van der Waals surface area (Å²) >= 11 is 0. The molecular weight excluding hydrogens is 192 g/mol. The summed E-state index contributed by atoms with van der Waals surface area (Å²) in [5.41, 5.74) is -0.616. The minimum Gasteiger partial charge on any atom is -0.388 e. The zero-order valence-electron chi connectivity index (χ0n) is 9.35. The summed E-state index contributed by atoms with van der Waals surface area (Å²) in [6.07, 6.45) is 2.98. The van der Waals surface area contributed by atoms with Gasteiger partial charge in [-0.3, -0.25) is 4.68 Å². The van der Waals surface area contributed by atoms with Crippen LogP contribution in [0, 0.1) is 0 Å². The largest absolute Gasteiger partial charge is 0.388 e. The topological polar surface area (TPSA) is 54.2 Å². The van der Waals surface area contributed by atoms with Crippen molar-refractivity contribution in [1.82, 2.24) is 19.7 Å². The highest BCUT2D eigenvalue weighted by atomic mass is 16.3. The summed E-state index contributed by atoms with van der Waals surface area (Å²) in [6.45, 7) is 4.52. The van der Waals surface area contributed by atoms with Gasteiger partial charge < -0.3 is 10.0 Å². The van der Waals surface area contributed by atoms with Crippen molar-refractivity contribution in [1.29, 1.82) is 0 Å². The first-order chi connectivity index (χ1) is 7.13. The fourth-order valence-corrected chi connectivity index (χ4v) is 2.19. The van der Waals surface area contributed by atoms with Gasteiger partial charge in [-0.1, -0.05) is 0 Å². The lowest BCUT2D eigenvalue weighted by Crippen LogP contribution is -2.35. The smallest absolute Gasteiger partial charge is 0.138 e. The van der Waals surface area contributed by atoms with Gasteiger partial charge in [0.2, 0.25) is 0 Å². The van der Waals surface area contributed by atoms with Crippen LogP contribution >= 0.6 is 0 Å². The molecule has 0 aliphatic carbocycles. The SMILES string of the molecule is CCn1ncnc1CC1(O)CCN(C)C1. The summed E-state index contributed by atoms with van der Waals surface area (Å²) in [6, 6.07) is 0. The molecule has 1 N–H and O–H groups in total. The highest BCUT2D eigenvalue weighted by molar-refractivity contribution is 4.99. The Morgan fingerprint density at radius 1 is 1.60 bits per heavy atom. The van der Waals surface area contributed by atoms with E-state index in [1.165, 1.54) is 0 Å². The lowest BCUT2D eigenvalue weighted by atomic mass is 9.98. The van der Waals surface area contributed by atoms with E-state index < -0.39 is 5.60 Å². The van der Waals surface area contributed by atoms with Crippen LogP contribution in [0.5, 0.6) is 0 Å². The van der Waals surface area contributed by atoms with Crippen LogP contribution in [-0.4, -0.2) is 50.5 Å². The maximum absolute atomic E-state index is 10.3. The number of likely N-dealkylation sites (N-methyl/N-ethyl adjacent to an activating group) is 1. The van der Waals surface area contributed by atoms with Gasteiger partial charge in [-0.15, -0.1) is 0 Å². The molecule has 1 saturated heterocycles. The number of nitrogens with zero attached hydrogens (tertiary/aromatic N) is 4. The lowest BCUT2D eigenvalue weighted by Gasteiger charge is -2.21. The van der Waals surface area contributed by atoms with Crippen LogP contribution < -0.4 is 0 Å². The number of hydrogen-bond acceptors (Lipinski definition) is 4. The van der Waals surface area contributed by atoms with Gasteiger partial charge in [0.1, 0.15) is 12.2 Å². The number of likely N-dealkylation sites (tertiary alicyclic amines) is 1. The van der Waals surface area contributed by atoms with Gasteiger partial charge in [0.05, 0.1) is 5.60 Å². The van der Waals surface area contributed by atoms with Gasteiger partial charge in [-0.2, -0.15) is 5.10 Å². The van der Waals surface area contributed by atoms with Crippen LogP contribution in [0.25, 0.3) is 0 Å². The first-order valence-electron chi connectivity index (χ1n) is 5.40. The van der Waals surface area contributed by atoms with E-state index in [0.29, 0.717) is 6.42 Å². The quantitative estimate of drug-likeness (QED) is 0.757. The summed E-state index contributed by atoms with van der Waals surface area (Å²) in [4.78, 5) is 6.34. The zero-order chi connectivity index (χ0) is 10.9. The molecule has 1 aliphatic rings. The van der Waals surface area contributed by atoms with E-state index in [0.717, 1.165) is 31.9 Å². The highest BCUT2D eigenvalue weighted by Crippen LogP contribution is 2.23. The minimum atomic E-state index is -0.616. The fraction of sp³-hybridized carbons (Fsp3) is 0.800. The van der Waals surface area contributed by atoms with E-state index in [4.69, 9.17) is 0 Å². The highest BCUT2D eigenvalue weighted by Gasteiger charge is 2.35. The third-order valence-electron chi connectivity index (χ3n) is 3.01. The second-order valence-electron chi connectivity index (χ2n) is 4.38. The van der Waals surface area contributed by atoms with Crippen LogP contribution in [0.3, 0.4) is 0 Å². The predicted octanol–water partition coefficient (Wildman–Crippen LogP) is -0.0929. The Labute approximate surface area is 89.7 Å². The number of rotatable bonds is 3. The second kappa shape index (κ2) is 3.90. The molecule has 0 bridgehead atoms. The van der Waals surface area contributed by atoms with Gasteiger partial charge in [0, 0.05) is 26.1 Å². The molecule has 5 nitrogen and oxygen atoms in total. The summed E-state index contributed by atoms with van der Waals surface area (Å²) in [5.74, 6) is 0.885. The van der Waals surface area contributed by atoms with Crippen molar-refractivity contribution >= 4 is 0 Å². The molecule has 0 amide bonds. The van der Waals surface area contributed by atoms with E-state index in [9.17, 15) is 5.11 Å². The summed E-state index contributed by atoms with van der Waals surface area (Å²) < 4.78 is 1.84. The van der Waals surface area contributed by atoms with Crippen molar-refractivity contribution in [2.24, 2.45) is 0 Å². The van der Waals surface area contributed by atoms with E-state index in [1.807, 2.05) is 18.7 Å². The molecule has 1 fully saturated rings. The fourth-order valence-electron chi connectivity index (χ4n) is 2.19. The molecule has 1 aliphatic heterocycles. The molecular formula is C10H18N4O. The Bertz CT molecular complexity index is 338. The third-order valence-corrected chi connectivity index (χ3v) is 3.01. The van der Waals surface area contributed by atoms with Crippen LogP contribution in [0.2, 0.25) is 0 Å². The molecule has 5 heteroatoms. The maximum Gasteiger partial charge on any atom is 0.138 e. The van der Waals surface area contributed by atoms with Gasteiger partial charge in [0.25, 0.3) is 0 Å². The third kappa shape index (κ3) is 2.18. The van der Waals surface area contributed by atoms with E-state index in [1.54, 1.807) is 6.33 Å². The summed E-state index contributed by atoms with van der Waals surface area (Å²) in [5, 5.41) is 14.4. The Balaban J connectivity index is 2.08. The first kappa shape index (κ1) is 10.6. The summed E-state index contributed by atoms with van der Waals surface area (Å²) in [7, 11) is 2.03. The Morgan fingerprint density at radius 3 is 3.00 bits per heavy atom. The van der Waals surface area contributed by atoms with E-state index in [-0.39, 0.29) is 0 Å². The van der Waals surface area contributed by atoms with Gasteiger partial charge >= 0.3 is 0 Å². The average Bonchev–Trinajstić information content (AvgIpc) is 2.74. The van der Waals surface area contributed by atoms with Gasteiger partial charge in [0.15, 0.2) is 0 Å². The Kier molecular flexibility index (Phi) is 2.75. The number of aromatic nitrogens is 3. The molecule has 2 rings (SSSR count). The molecule has 1 unspecified atom stereocenters. The van der Waals surface area contributed by atoms with Crippen LogP contribution in [0.1, 0.15) is 19.2 Å². The standard InChI is InChI=1S/C10H18N4O/c1-3-14-9(11-8-12-14)6-10(15)4-5-13(2)7-10/h8,15H,3-7H2,1-2H3. The second-order valence-corrected chi connectivity index (χ2v) is 4.38. The lowest BCUT2D eigenvalue weighted by molar-refractivity contribution is 0.0493. The molecule has 0 radical (unpaired) electrons. The maximum atomic E-state index is 10.3. The molecule has 0 spiro atoms. The van der Waals surface area contributed by atoms with Crippen molar-refractivity contribution in [2.75, 3.05) is 20.1 Å². The molecule has 1 atom stereocenters. The van der Waals surface area contributed by atoms with Crippen LogP contribution in [-0.2, 0) is 13.0 Å². The zero-order valence-corrected chi connectivity index (χ0v) is 9.35. The van der Waals surface area contributed by atoms with Gasteiger partial charge in [-0.25, -0.2) is 4.98 Å². The number of aliphatic hydroxyl groups is 1. The minimum absolute atomic E-state index is 0.602. The van der Waals surface area contributed by atoms with Crippen molar-refractivity contribution in [3.8, 4) is 0 Å². The normalized spacial score (nSPS) is 27.4. The van der Waals surface area contributed by atoms with Crippen molar-refractivity contribution in [3.63, 3.8) is 0 Å². The van der Waals surface area contributed by atoms with Crippen LogP contribution in [0.4, 0.5) is 0 Å².